The van der Waals surface area contributed by atoms with Gasteiger partial charge >= 0.3 is 0 Å². The van der Waals surface area contributed by atoms with Crippen LogP contribution in [0, 0.1) is 0 Å². The van der Waals surface area contributed by atoms with Gasteiger partial charge in [0.15, 0.2) is 0 Å². The van der Waals surface area contributed by atoms with Gasteiger partial charge in [-0.25, -0.2) is 12.4 Å². The van der Waals surface area contributed by atoms with E-state index in [-0.39, 0.29) is 10.7 Å². The van der Waals surface area contributed by atoms with Crippen molar-refractivity contribution in [3.05, 3.63) is 90.3 Å². The first-order chi connectivity index (χ1) is 12.9. The molecule has 0 bridgehead atoms. The third-order valence-electron chi connectivity index (χ3n) is 4.42. The number of nitrogens with zero attached hydrogens (tertiary/aromatic N) is 1. The quantitative estimate of drug-likeness (QED) is 0.627. The Hall–Kier alpha value is -2.92. The fourth-order valence-electron chi connectivity index (χ4n) is 2.98. The number of carbonyl (C=O) groups excluding carboxylic acids is 1. The van der Waals surface area contributed by atoms with Crippen molar-refractivity contribution in [3.63, 3.8) is 0 Å². The first kappa shape index (κ1) is 18.9. The van der Waals surface area contributed by atoms with Crippen molar-refractivity contribution in [2.24, 2.45) is 0 Å². The standard InChI is InChI=1S/C22H21NO3S/c1-17(24)15-22(19-9-5-3-6-10-19)18(2)20-13-14-23(16-20)27(25,26)21-11-7-4-8-12-21/h3-14,16H,15H2,1-2H3/b22-18-. The van der Waals surface area contributed by atoms with Crippen LogP contribution in [0.2, 0.25) is 0 Å². The zero-order valence-corrected chi connectivity index (χ0v) is 16.1. The molecule has 3 aromatic rings. The molecule has 0 radical (unpaired) electrons. The number of allylic oxidation sites excluding steroid dienone is 2. The summed E-state index contributed by atoms with van der Waals surface area (Å²) in [7, 11) is -3.64. The van der Waals surface area contributed by atoms with Crippen molar-refractivity contribution in [3.8, 4) is 0 Å². The molecule has 0 aliphatic carbocycles. The first-order valence-corrected chi connectivity index (χ1v) is 10.1. The third-order valence-corrected chi connectivity index (χ3v) is 6.07. The van der Waals surface area contributed by atoms with Crippen molar-refractivity contribution >= 4 is 27.0 Å². The Balaban J connectivity index is 2.06. The van der Waals surface area contributed by atoms with Crippen LogP contribution in [0.5, 0.6) is 0 Å². The monoisotopic (exact) mass is 379 g/mol. The molecule has 3 rings (SSSR count). The molecule has 0 saturated carbocycles. The number of Topliss-reactive ketones (excluding diaryl/α,β-unsaturated/α-hetero) is 1. The predicted molar refractivity (Wildman–Crippen MR) is 108 cm³/mol. The van der Waals surface area contributed by atoms with E-state index in [1.54, 1.807) is 49.5 Å². The van der Waals surface area contributed by atoms with Gasteiger partial charge in [-0.05, 0) is 54.3 Å². The van der Waals surface area contributed by atoms with E-state index in [0.29, 0.717) is 6.42 Å². The lowest BCUT2D eigenvalue weighted by Gasteiger charge is -2.11. The molecular formula is C22H21NO3S. The molecular weight excluding hydrogens is 358 g/mol. The summed E-state index contributed by atoms with van der Waals surface area (Å²) in [5.41, 5.74) is 3.52. The van der Waals surface area contributed by atoms with Crippen LogP contribution in [0.3, 0.4) is 0 Å². The van der Waals surface area contributed by atoms with E-state index in [2.05, 4.69) is 0 Å². The zero-order valence-electron chi connectivity index (χ0n) is 15.3. The maximum absolute atomic E-state index is 12.8. The van der Waals surface area contributed by atoms with Gasteiger partial charge in [0.05, 0.1) is 4.90 Å². The van der Waals surface area contributed by atoms with Crippen molar-refractivity contribution in [1.29, 1.82) is 0 Å². The molecule has 0 saturated heterocycles. The highest BCUT2D eigenvalue weighted by atomic mass is 32.2. The molecule has 0 aliphatic rings. The molecule has 5 heteroatoms. The highest BCUT2D eigenvalue weighted by Crippen LogP contribution is 2.30. The van der Waals surface area contributed by atoms with Gasteiger partial charge in [0, 0.05) is 18.8 Å². The van der Waals surface area contributed by atoms with E-state index in [1.165, 1.54) is 10.2 Å². The molecule has 0 unspecified atom stereocenters. The van der Waals surface area contributed by atoms with Crippen LogP contribution in [-0.2, 0) is 14.8 Å². The van der Waals surface area contributed by atoms with Gasteiger partial charge in [-0.2, -0.15) is 0 Å². The molecule has 0 atom stereocenters. The zero-order chi connectivity index (χ0) is 19.4. The summed E-state index contributed by atoms with van der Waals surface area (Å²) in [5, 5.41) is 0. The van der Waals surface area contributed by atoms with Gasteiger partial charge < -0.3 is 0 Å². The van der Waals surface area contributed by atoms with Crippen molar-refractivity contribution in [2.45, 2.75) is 25.2 Å². The van der Waals surface area contributed by atoms with Crippen molar-refractivity contribution < 1.29 is 13.2 Å². The predicted octanol–water partition coefficient (Wildman–Crippen LogP) is 4.63. The van der Waals surface area contributed by atoms with Crippen LogP contribution in [0.4, 0.5) is 0 Å². The van der Waals surface area contributed by atoms with Crippen LogP contribution < -0.4 is 0 Å². The molecule has 2 aromatic carbocycles. The molecule has 0 N–H and O–H groups in total. The molecule has 27 heavy (non-hydrogen) atoms. The average molecular weight is 379 g/mol. The van der Waals surface area contributed by atoms with Gasteiger partial charge in [0.25, 0.3) is 10.0 Å². The largest absolute Gasteiger partial charge is 0.300 e. The van der Waals surface area contributed by atoms with Crippen LogP contribution in [-0.4, -0.2) is 18.2 Å². The smallest absolute Gasteiger partial charge is 0.267 e. The Morgan fingerprint density at radius 2 is 1.44 bits per heavy atom. The fraction of sp³-hybridized carbons (Fsp3) is 0.136. The first-order valence-electron chi connectivity index (χ1n) is 8.63. The Labute approximate surface area is 159 Å². The van der Waals surface area contributed by atoms with Gasteiger partial charge in [0.2, 0.25) is 0 Å². The number of carbonyl (C=O) groups is 1. The number of hydrogen-bond donors (Lipinski definition) is 0. The summed E-state index contributed by atoms with van der Waals surface area (Å²) in [6.45, 7) is 3.47. The van der Waals surface area contributed by atoms with E-state index >= 15 is 0 Å². The molecule has 0 fully saturated rings. The summed E-state index contributed by atoms with van der Waals surface area (Å²) >= 11 is 0. The molecule has 1 aromatic heterocycles. The Morgan fingerprint density at radius 1 is 0.852 bits per heavy atom. The highest BCUT2D eigenvalue weighted by molar-refractivity contribution is 7.90. The molecule has 0 amide bonds. The lowest BCUT2D eigenvalue weighted by molar-refractivity contribution is -0.116. The minimum atomic E-state index is -3.64. The normalized spacial score (nSPS) is 12.5. The Bertz CT molecular complexity index is 1080. The van der Waals surface area contributed by atoms with Crippen LogP contribution >= 0.6 is 0 Å². The molecule has 4 nitrogen and oxygen atoms in total. The molecule has 1 heterocycles. The minimum absolute atomic E-state index is 0.0598. The van der Waals surface area contributed by atoms with E-state index in [1.807, 2.05) is 37.3 Å². The SMILES string of the molecule is CC(=O)C/C(=C(\C)c1ccn(S(=O)(=O)c2ccccc2)c1)c1ccccc1. The lowest BCUT2D eigenvalue weighted by atomic mass is 9.93. The summed E-state index contributed by atoms with van der Waals surface area (Å²) in [5.74, 6) is 0.0598. The number of benzene rings is 2. The average Bonchev–Trinajstić information content (AvgIpc) is 3.18. The van der Waals surface area contributed by atoms with Gasteiger partial charge in [-0.15, -0.1) is 0 Å². The maximum atomic E-state index is 12.8. The summed E-state index contributed by atoms with van der Waals surface area (Å²) in [6, 6.07) is 19.8. The topological polar surface area (TPSA) is 56.1 Å². The molecule has 138 valence electrons. The van der Waals surface area contributed by atoms with Crippen LogP contribution in [0.15, 0.2) is 84.0 Å². The fourth-order valence-corrected chi connectivity index (χ4v) is 4.19. The summed E-state index contributed by atoms with van der Waals surface area (Å²) in [6.07, 6.45) is 3.44. The van der Waals surface area contributed by atoms with E-state index in [4.69, 9.17) is 0 Å². The second-order valence-electron chi connectivity index (χ2n) is 6.40. The summed E-state index contributed by atoms with van der Waals surface area (Å²) < 4.78 is 26.8. The van der Waals surface area contributed by atoms with Crippen LogP contribution in [0.1, 0.15) is 31.4 Å². The minimum Gasteiger partial charge on any atom is -0.300 e. The van der Waals surface area contributed by atoms with E-state index in [0.717, 1.165) is 22.3 Å². The lowest BCUT2D eigenvalue weighted by Crippen LogP contribution is -2.10. The number of ketones is 1. The summed E-state index contributed by atoms with van der Waals surface area (Å²) in [4.78, 5) is 12.0. The maximum Gasteiger partial charge on any atom is 0.267 e. The Morgan fingerprint density at radius 3 is 2.04 bits per heavy atom. The van der Waals surface area contributed by atoms with E-state index < -0.39 is 10.0 Å². The third kappa shape index (κ3) is 4.09. The van der Waals surface area contributed by atoms with Crippen LogP contribution in [0.25, 0.3) is 11.1 Å². The van der Waals surface area contributed by atoms with Gasteiger partial charge in [-0.3, -0.25) is 4.79 Å². The second-order valence-corrected chi connectivity index (χ2v) is 8.24. The molecule has 0 spiro atoms. The Kier molecular flexibility index (Phi) is 5.42. The van der Waals surface area contributed by atoms with Crippen molar-refractivity contribution in [1.82, 2.24) is 3.97 Å². The van der Waals surface area contributed by atoms with Crippen molar-refractivity contribution in [2.75, 3.05) is 0 Å². The number of aromatic nitrogens is 1. The number of hydrogen-bond acceptors (Lipinski definition) is 3. The molecule has 0 aliphatic heterocycles. The van der Waals surface area contributed by atoms with Gasteiger partial charge in [0.1, 0.15) is 5.78 Å². The second kappa shape index (κ2) is 7.76. The van der Waals surface area contributed by atoms with Gasteiger partial charge in [-0.1, -0.05) is 48.5 Å². The number of rotatable bonds is 6. The van der Waals surface area contributed by atoms with E-state index in [9.17, 15) is 13.2 Å². The highest BCUT2D eigenvalue weighted by Gasteiger charge is 2.18.